The van der Waals surface area contributed by atoms with Gasteiger partial charge in [0.2, 0.25) is 5.91 Å². The van der Waals surface area contributed by atoms with Gasteiger partial charge in [0.15, 0.2) is 11.0 Å². The SMILES string of the molecule is Cc1ccc(CC2S/C(=N\c3ncccc3C)NC2=O)cc1C. The van der Waals surface area contributed by atoms with Crippen LogP contribution in [-0.2, 0) is 11.2 Å². The van der Waals surface area contributed by atoms with E-state index in [1.165, 1.54) is 28.5 Å². The molecule has 0 aliphatic carbocycles. The smallest absolute Gasteiger partial charge is 0.239 e. The van der Waals surface area contributed by atoms with Crippen molar-refractivity contribution in [1.29, 1.82) is 0 Å². The van der Waals surface area contributed by atoms with Gasteiger partial charge in [0.25, 0.3) is 0 Å². The van der Waals surface area contributed by atoms with Crippen LogP contribution in [0.15, 0.2) is 41.5 Å². The fourth-order valence-corrected chi connectivity index (χ4v) is 3.44. The fourth-order valence-electron chi connectivity index (χ4n) is 2.43. The number of aromatic nitrogens is 1. The third kappa shape index (κ3) is 3.62. The number of pyridine rings is 1. The molecular weight excluding hydrogens is 306 g/mol. The van der Waals surface area contributed by atoms with Gasteiger partial charge < -0.3 is 5.32 Å². The first kappa shape index (κ1) is 15.7. The van der Waals surface area contributed by atoms with E-state index in [0.717, 1.165) is 5.56 Å². The summed E-state index contributed by atoms with van der Waals surface area (Å²) in [5.41, 5.74) is 4.69. The number of benzene rings is 1. The number of nitrogens with zero attached hydrogens (tertiary/aromatic N) is 2. The third-order valence-electron chi connectivity index (χ3n) is 3.96. The first-order valence-corrected chi connectivity index (χ1v) is 8.45. The van der Waals surface area contributed by atoms with Crippen LogP contribution in [0.25, 0.3) is 0 Å². The lowest BCUT2D eigenvalue weighted by Crippen LogP contribution is -2.26. The first-order chi connectivity index (χ1) is 11.0. The van der Waals surface area contributed by atoms with E-state index in [-0.39, 0.29) is 11.2 Å². The number of amidine groups is 1. The number of carbonyl (C=O) groups is 1. The zero-order valence-electron chi connectivity index (χ0n) is 13.5. The van der Waals surface area contributed by atoms with E-state index in [2.05, 4.69) is 47.3 Å². The van der Waals surface area contributed by atoms with Gasteiger partial charge in [-0.25, -0.2) is 9.98 Å². The molecule has 1 N–H and O–H groups in total. The summed E-state index contributed by atoms with van der Waals surface area (Å²) in [6, 6.07) is 10.2. The van der Waals surface area contributed by atoms with Crippen LogP contribution < -0.4 is 5.32 Å². The van der Waals surface area contributed by atoms with Crippen molar-refractivity contribution >= 4 is 28.7 Å². The quantitative estimate of drug-likeness (QED) is 0.940. The molecule has 2 heterocycles. The van der Waals surface area contributed by atoms with E-state index in [4.69, 9.17) is 0 Å². The molecule has 1 fully saturated rings. The van der Waals surface area contributed by atoms with Crippen LogP contribution in [0.1, 0.15) is 22.3 Å². The minimum Gasteiger partial charge on any atom is -0.304 e. The number of hydrogen-bond acceptors (Lipinski definition) is 4. The van der Waals surface area contributed by atoms with Crippen molar-refractivity contribution in [3.63, 3.8) is 0 Å². The van der Waals surface area contributed by atoms with Crippen molar-refractivity contribution in [2.45, 2.75) is 32.4 Å². The normalized spacial score (nSPS) is 19.2. The Morgan fingerprint density at radius 2 is 2.00 bits per heavy atom. The van der Waals surface area contributed by atoms with Gasteiger partial charge in [0.1, 0.15) is 0 Å². The van der Waals surface area contributed by atoms with Crippen molar-refractivity contribution in [2.24, 2.45) is 4.99 Å². The molecule has 1 aliphatic rings. The summed E-state index contributed by atoms with van der Waals surface area (Å²) < 4.78 is 0. The van der Waals surface area contributed by atoms with Crippen LogP contribution in [0, 0.1) is 20.8 Å². The summed E-state index contributed by atoms with van der Waals surface area (Å²) in [6.07, 6.45) is 2.41. The minimum absolute atomic E-state index is 0.0144. The van der Waals surface area contributed by atoms with Gasteiger partial charge in [0, 0.05) is 6.20 Å². The molecule has 23 heavy (non-hydrogen) atoms. The summed E-state index contributed by atoms with van der Waals surface area (Å²) in [7, 11) is 0. The van der Waals surface area contributed by atoms with Crippen molar-refractivity contribution in [1.82, 2.24) is 10.3 Å². The van der Waals surface area contributed by atoms with Gasteiger partial charge in [-0.1, -0.05) is 36.0 Å². The summed E-state index contributed by atoms with van der Waals surface area (Å²) in [4.78, 5) is 20.9. The van der Waals surface area contributed by atoms with Gasteiger partial charge in [0.05, 0.1) is 5.25 Å². The number of nitrogens with one attached hydrogen (secondary N) is 1. The minimum atomic E-state index is -0.139. The molecule has 118 valence electrons. The fraction of sp³-hybridized carbons (Fsp3) is 0.278. The summed E-state index contributed by atoms with van der Waals surface area (Å²) in [5, 5.41) is 3.35. The number of carbonyl (C=O) groups excluding carboxylic acids is 1. The highest BCUT2D eigenvalue weighted by Gasteiger charge is 2.30. The van der Waals surface area contributed by atoms with E-state index in [1.807, 2.05) is 19.1 Å². The van der Waals surface area contributed by atoms with Gasteiger partial charge in [-0.3, -0.25) is 4.79 Å². The second-order valence-electron chi connectivity index (χ2n) is 5.78. The molecule has 0 saturated carbocycles. The van der Waals surface area contributed by atoms with Crippen LogP contribution in [0.3, 0.4) is 0 Å². The Morgan fingerprint density at radius 1 is 1.17 bits per heavy atom. The lowest BCUT2D eigenvalue weighted by molar-refractivity contribution is -0.118. The Hall–Kier alpha value is -2.14. The predicted molar refractivity (Wildman–Crippen MR) is 95.2 cm³/mol. The van der Waals surface area contributed by atoms with Crippen LogP contribution >= 0.6 is 11.8 Å². The predicted octanol–water partition coefficient (Wildman–Crippen LogP) is 3.47. The number of rotatable bonds is 3. The highest BCUT2D eigenvalue weighted by Crippen LogP contribution is 2.26. The van der Waals surface area contributed by atoms with E-state index in [9.17, 15) is 4.79 Å². The topological polar surface area (TPSA) is 54.4 Å². The number of aryl methyl sites for hydroxylation is 3. The first-order valence-electron chi connectivity index (χ1n) is 7.57. The molecule has 0 radical (unpaired) electrons. The van der Waals surface area contributed by atoms with Crippen LogP contribution in [0.2, 0.25) is 0 Å². The molecule has 0 spiro atoms. The lowest BCUT2D eigenvalue weighted by Gasteiger charge is -2.08. The largest absolute Gasteiger partial charge is 0.304 e. The summed E-state index contributed by atoms with van der Waals surface area (Å²) in [6.45, 7) is 6.15. The standard InChI is InChI=1S/C18H19N3OS/c1-11-6-7-14(9-13(11)3)10-15-17(22)21-18(23-15)20-16-12(2)5-4-8-19-16/h4-9,15H,10H2,1-3H3,(H,19,20,21,22). The van der Waals surface area contributed by atoms with Crippen molar-refractivity contribution < 1.29 is 4.79 Å². The molecule has 1 aromatic heterocycles. The molecule has 3 rings (SSSR count). The zero-order valence-corrected chi connectivity index (χ0v) is 14.3. The van der Waals surface area contributed by atoms with Crippen molar-refractivity contribution in [3.05, 3.63) is 58.8 Å². The Bertz CT molecular complexity index is 786. The number of amides is 1. The van der Waals surface area contributed by atoms with Crippen LogP contribution in [-0.4, -0.2) is 21.3 Å². The highest BCUT2D eigenvalue weighted by atomic mass is 32.2. The second kappa shape index (κ2) is 6.54. The molecule has 4 nitrogen and oxygen atoms in total. The Morgan fingerprint density at radius 3 is 2.74 bits per heavy atom. The Labute approximate surface area is 140 Å². The maximum absolute atomic E-state index is 12.2. The molecule has 5 heteroatoms. The van der Waals surface area contributed by atoms with Crippen LogP contribution in [0.5, 0.6) is 0 Å². The molecule has 1 aliphatic heterocycles. The molecular formula is C18H19N3OS. The maximum atomic E-state index is 12.2. The Balaban J connectivity index is 1.75. The summed E-state index contributed by atoms with van der Waals surface area (Å²) >= 11 is 1.48. The van der Waals surface area contributed by atoms with Gasteiger partial charge in [-0.2, -0.15) is 0 Å². The van der Waals surface area contributed by atoms with E-state index >= 15 is 0 Å². The lowest BCUT2D eigenvalue weighted by atomic mass is 10.0. The molecule has 2 aromatic rings. The second-order valence-corrected chi connectivity index (χ2v) is 6.97. The van der Waals surface area contributed by atoms with E-state index in [1.54, 1.807) is 6.20 Å². The average Bonchev–Trinajstić information content (AvgIpc) is 2.85. The van der Waals surface area contributed by atoms with Gasteiger partial charge in [-0.15, -0.1) is 0 Å². The molecule has 1 unspecified atom stereocenters. The molecule has 1 atom stereocenters. The average molecular weight is 325 g/mol. The number of hydrogen-bond donors (Lipinski definition) is 1. The highest BCUT2D eigenvalue weighted by molar-refractivity contribution is 8.15. The van der Waals surface area contributed by atoms with E-state index < -0.39 is 0 Å². The van der Waals surface area contributed by atoms with E-state index in [0.29, 0.717) is 17.4 Å². The number of aliphatic imine (C=N–C) groups is 1. The third-order valence-corrected chi connectivity index (χ3v) is 5.04. The number of thioether (sulfide) groups is 1. The van der Waals surface area contributed by atoms with Crippen molar-refractivity contribution in [2.75, 3.05) is 0 Å². The molecule has 0 bridgehead atoms. The van der Waals surface area contributed by atoms with Gasteiger partial charge in [-0.05, 0) is 55.5 Å². The Kier molecular flexibility index (Phi) is 4.48. The zero-order chi connectivity index (χ0) is 16.4. The maximum Gasteiger partial charge on any atom is 0.239 e. The van der Waals surface area contributed by atoms with Crippen molar-refractivity contribution in [3.8, 4) is 0 Å². The van der Waals surface area contributed by atoms with Crippen LogP contribution in [0.4, 0.5) is 5.82 Å². The monoisotopic (exact) mass is 325 g/mol. The van der Waals surface area contributed by atoms with Gasteiger partial charge >= 0.3 is 0 Å². The molecule has 1 aromatic carbocycles. The molecule has 1 amide bonds. The molecule has 1 saturated heterocycles. The summed E-state index contributed by atoms with van der Waals surface area (Å²) in [5.74, 6) is 0.669.